The van der Waals surface area contributed by atoms with E-state index in [0.29, 0.717) is 6.04 Å². The highest BCUT2D eigenvalue weighted by atomic mass is 15.3. The molecule has 3 heteroatoms. The number of nitrogens with zero attached hydrogens (tertiary/aromatic N) is 2. The van der Waals surface area contributed by atoms with Crippen LogP contribution >= 0.6 is 0 Å². The van der Waals surface area contributed by atoms with Crippen LogP contribution in [0.1, 0.15) is 58.7 Å². The number of nitrogens with one attached hydrogen (secondary N) is 1. The third-order valence-electron chi connectivity index (χ3n) is 3.14. The molecule has 0 aliphatic rings. The number of aromatic nitrogens is 2. The molecule has 0 aromatic carbocycles. The average molecular weight is 251 g/mol. The summed E-state index contributed by atoms with van der Waals surface area (Å²) >= 11 is 0. The lowest BCUT2D eigenvalue weighted by Gasteiger charge is -2.12. The third-order valence-corrected chi connectivity index (χ3v) is 3.14. The SMILES string of the molecule is CCCc1c(CNC(C)C)cnn1CCC(C)C. The quantitative estimate of drug-likeness (QED) is 0.767. The van der Waals surface area contributed by atoms with Crippen LogP contribution in [0.25, 0.3) is 0 Å². The minimum atomic E-state index is 0.526. The summed E-state index contributed by atoms with van der Waals surface area (Å²) in [5, 5.41) is 8.05. The molecule has 1 heterocycles. The zero-order valence-corrected chi connectivity index (χ0v) is 12.7. The van der Waals surface area contributed by atoms with E-state index in [1.807, 2.05) is 6.20 Å². The summed E-state index contributed by atoms with van der Waals surface area (Å²) in [6, 6.07) is 0.526. The monoisotopic (exact) mass is 251 g/mol. The summed E-state index contributed by atoms with van der Waals surface area (Å²) in [5.41, 5.74) is 2.79. The summed E-state index contributed by atoms with van der Waals surface area (Å²) in [6.07, 6.45) is 5.56. The normalized spacial score (nSPS) is 11.7. The summed E-state index contributed by atoms with van der Waals surface area (Å²) in [7, 11) is 0. The Morgan fingerprint density at radius 2 is 2.00 bits per heavy atom. The van der Waals surface area contributed by atoms with Crippen LogP contribution in [0.5, 0.6) is 0 Å². The van der Waals surface area contributed by atoms with Gasteiger partial charge >= 0.3 is 0 Å². The van der Waals surface area contributed by atoms with Crippen molar-refractivity contribution in [2.24, 2.45) is 5.92 Å². The molecular weight excluding hydrogens is 222 g/mol. The Bertz CT molecular complexity index is 310. The van der Waals surface area contributed by atoms with Crippen LogP contribution in [0, 0.1) is 5.92 Å². The largest absolute Gasteiger partial charge is 0.310 e. The van der Waals surface area contributed by atoms with Crippen molar-refractivity contribution in [1.29, 1.82) is 0 Å². The highest BCUT2D eigenvalue weighted by Crippen LogP contribution is 2.13. The van der Waals surface area contributed by atoms with E-state index >= 15 is 0 Å². The van der Waals surface area contributed by atoms with Crippen LogP contribution in [0.4, 0.5) is 0 Å². The lowest BCUT2D eigenvalue weighted by molar-refractivity contribution is 0.473. The third kappa shape index (κ3) is 4.81. The van der Waals surface area contributed by atoms with Crippen LogP contribution in [-0.2, 0) is 19.5 Å². The van der Waals surface area contributed by atoms with Crippen molar-refractivity contribution in [3.05, 3.63) is 17.5 Å². The van der Waals surface area contributed by atoms with Crippen molar-refractivity contribution in [2.45, 2.75) is 73.0 Å². The van der Waals surface area contributed by atoms with Gasteiger partial charge in [0.05, 0.1) is 6.20 Å². The molecule has 104 valence electrons. The van der Waals surface area contributed by atoms with Gasteiger partial charge in [0.1, 0.15) is 0 Å². The predicted octanol–water partition coefficient (Wildman–Crippen LogP) is 3.38. The Morgan fingerprint density at radius 1 is 1.28 bits per heavy atom. The van der Waals surface area contributed by atoms with Gasteiger partial charge in [0, 0.05) is 30.4 Å². The first-order chi connectivity index (χ1) is 8.54. The molecule has 1 N–H and O–H groups in total. The minimum Gasteiger partial charge on any atom is -0.310 e. The van der Waals surface area contributed by atoms with Gasteiger partial charge in [-0.25, -0.2) is 0 Å². The molecule has 0 fully saturated rings. The maximum absolute atomic E-state index is 4.56. The van der Waals surface area contributed by atoms with Gasteiger partial charge in [0.2, 0.25) is 0 Å². The number of aryl methyl sites for hydroxylation is 1. The molecule has 0 aliphatic heterocycles. The maximum Gasteiger partial charge on any atom is 0.0537 e. The Hall–Kier alpha value is -0.830. The zero-order valence-electron chi connectivity index (χ0n) is 12.7. The molecule has 1 aromatic heterocycles. The molecule has 0 saturated carbocycles. The molecule has 0 bridgehead atoms. The first-order valence-electron chi connectivity index (χ1n) is 7.31. The van der Waals surface area contributed by atoms with Crippen LogP contribution in [-0.4, -0.2) is 15.8 Å². The Balaban J connectivity index is 2.71. The molecule has 0 saturated heterocycles. The van der Waals surface area contributed by atoms with Crippen molar-refractivity contribution in [3.8, 4) is 0 Å². The molecule has 0 unspecified atom stereocenters. The molecule has 1 aromatic rings. The standard InChI is InChI=1S/C15H29N3/c1-6-7-15-14(10-16-13(4)5)11-17-18(15)9-8-12(2)3/h11-13,16H,6-10H2,1-5H3. The molecule has 0 aliphatic carbocycles. The fraction of sp³-hybridized carbons (Fsp3) is 0.800. The van der Waals surface area contributed by atoms with E-state index in [2.05, 4.69) is 49.7 Å². The van der Waals surface area contributed by atoms with Gasteiger partial charge in [-0.05, 0) is 18.8 Å². The number of hydrogen-bond acceptors (Lipinski definition) is 2. The second-order valence-corrected chi connectivity index (χ2v) is 5.81. The van der Waals surface area contributed by atoms with Gasteiger partial charge in [-0.1, -0.05) is 41.0 Å². The molecule has 3 nitrogen and oxygen atoms in total. The highest BCUT2D eigenvalue weighted by Gasteiger charge is 2.10. The molecule has 0 atom stereocenters. The van der Waals surface area contributed by atoms with E-state index in [1.54, 1.807) is 0 Å². The number of rotatable bonds is 8. The first kappa shape index (κ1) is 15.2. The van der Waals surface area contributed by atoms with E-state index in [1.165, 1.54) is 24.1 Å². The summed E-state index contributed by atoms with van der Waals surface area (Å²) in [4.78, 5) is 0. The highest BCUT2D eigenvalue weighted by molar-refractivity contribution is 5.18. The predicted molar refractivity (Wildman–Crippen MR) is 77.7 cm³/mol. The summed E-state index contributed by atoms with van der Waals surface area (Å²) in [6.45, 7) is 13.1. The van der Waals surface area contributed by atoms with Crippen molar-refractivity contribution < 1.29 is 0 Å². The van der Waals surface area contributed by atoms with Gasteiger partial charge in [-0.15, -0.1) is 0 Å². The van der Waals surface area contributed by atoms with Gasteiger partial charge in [0.15, 0.2) is 0 Å². The summed E-state index contributed by atoms with van der Waals surface area (Å²) in [5.74, 6) is 0.737. The second kappa shape index (κ2) is 7.57. The Morgan fingerprint density at radius 3 is 2.56 bits per heavy atom. The summed E-state index contributed by atoms with van der Waals surface area (Å²) < 4.78 is 2.21. The molecular formula is C15H29N3. The molecule has 18 heavy (non-hydrogen) atoms. The fourth-order valence-corrected chi connectivity index (χ4v) is 2.01. The van der Waals surface area contributed by atoms with Gasteiger partial charge in [-0.3, -0.25) is 4.68 Å². The first-order valence-corrected chi connectivity index (χ1v) is 7.31. The molecule has 0 radical (unpaired) electrons. The lowest BCUT2D eigenvalue weighted by atomic mass is 10.1. The smallest absolute Gasteiger partial charge is 0.0537 e. The van der Waals surface area contributed by atoms with Crippen molar-refractivity contribution in [2.75, 3.05) is 0 Å². The topological polar surface area (TPSA) is 29.9 Å². The van der Waals surface area contributed by atoms with E-state index in [9.17, 15) is 0 Å². The fourth-order valence-electron chi connectivity index (χ4n) is 2.01. The van der Waals surface area contributed by atoms with Gasteiger partial charge in [-0.2, -0.15) is 5.10 Å². The lowest BCUT2D eigenvalue weighted by Crippen LogP contribution is -2.22. The molecule has 0 amide bonds. The van der Waals surface area contributed by atoms with E-state index in [-0.39, 0.29) is 0 Å². The van der Waals surface area contributed by atoms with Crippen molar-refractivity contribution >= 4 is 0 Å². The molecule has 0 spiro atoms. The Kier molecular flexibility index (Phi) is 6.41. The maximum atomic E-state index is 4.56. The van der Waals surface area contributed by atoms with Crippen LogP contribution in [0.3, 0.4) is 0 Å². The number of hydrogen-bond donors (Lipinski definition) is 1. The second-order valence-electron chi connectivity index (χ2n) is 5.81. The Labute approximate surface area is 112 Å². The van der Waals surface area contributed by atoms with Crippen LogP contribution < -0.4 is 5.32 Å². The van der Waals surface area contributed by atoms with Crippen molar-refractivity contribution in [1.82, 2.24) is 15.1 Å². The molecule has 1 rings (SSSR count). The minimum absolute atomic E-state index is 0.526. The van der Waals surface area contributed by atoms with E-state index in [0.717, 1.165) is 25.4 Å². The van der Waals surface area contributed by atoms with Crippen molar-refractivity contribution in [3.63, 3.8) is 0 Å². The van der Waals surface area contributed by atoms with Gasteiger partial charge in [0.25, 0.3) is 0 Å². The zero-order chi connectivity index (χ0) is 13.5. The van der Waals surface area contributed by atoms with E-state index < -0.39 is 0 Å². The van der Waals surface area contributed by atoms with Crippen LogP contribution in [0.2, 0.25) is 0 Å². The van der Waals surface area contributed by atoms with Crippen LogP contribution in [0.15, 0.2) is 6.20 Å². The average Bonchev–Trinajstić information content (AvgIpc) is 2.67. The van der Waals surface area contributed by atoms with Gasteiger partial charge < -0.3 is 5.32 Å². The van der Waals surface area contributed by atoms with E-state index in [4.69, 9.17) is 0 Å².